The number of hydrogen-bond acceptors (Lipinski definition) is 6. The van der Waals surface area contributed by atoms with E-state index < -0.39 is 0 Å². The van der Waals surface area contributed by atoms with Crippen molar-refractivity contribution < 1.29 is 9.53 Å². The van der Waals surface area contributed by atoms with Crippen LogP contribution in [0.1, 0.15) is 40.5 Å². The van der Waals surface area contributed by atoms with Gasteiger partial charge in [-0.25, -0.2) is 15.6 Å². The predicted molar refractivity (Wildman–Crippen MR) is 96.8 cm³/mol. The average molecular weight is 350 g/mol. The summed E-state index contributed by atoms with van der Waals surface area (Å²) >= 11 is 0. The summed E-state index contributed by atoms with van der Waals surface area (Å²) in [5.74, 6) is 6.97. The van der Waals surface area contributed by atoms with E-state index in [4.69, 9.17) is 10.6 Å². The second-order valence-corrected chi connectivity index (χ2v) is 7.76. The van der Waals surface area contributed by atoms with Gasteiger partial charge in [-0.2, -0.15) is 0 Å². The van der Waals surface area contributed by atoms with Crippen molar-refractivity contribution in [1.29, 1.82) is 0 Å². The highest BCUT2D eigenvalue weighted by molar-refractivity contribution is 5.84. The molecule has 3 aliphatic heterocycles. The van der Waals surface area contributed by atoms with E-state index in [1.807, 2.05) is 24.9 Å². The second kappa shape index (κ2) is 6.84. The molecule has 3 rings (SSSR count). The molecule has 8 nitrogen and oxygen atoms in total. The number of aliphatic imine (C=N–C) groups is 1. The van der Waals surface area contributed by atoms with Crippen molar-refractivity contribution in [2.24, 2.45) is 10.8 Å². The number of likely N-dealkylation sites (tertiary alicyclic amines) is 1. The van der Waals surface area contributed by atoms with E-state index in [1.165, 1.54) is 0 Å². The number of amides is 2. The number of guanidine groups is 1. The summed E-state index contributed by atoms with van der Waals surface area (Å²) in [4.78, 5) is 19.0. The molecule has 0 bridgehead atoms. The number of rotatable bonds is 2. The molecule has 1 atom stereocenters. The molecule has 140 valence electrons. The quantitative estimate of drug-likeness (QED) is 0.505. The molecule has 0 radical (unpaired) electrons. The Bertz CT molecular complexity index is 580. The van der Waals surface area contributed by atoms with Crippen LogP contribution in [0.2, 0.25) is 0 Å². The Balaban J connectivity index is 1.72. The third-order valence-corrected chi connectivity index (χ3v) is 5.24. The highest BCUT2D eigenvalue weighted by atomic mass is 16.5. The first kappa shape index (κ1) is 18.0. The molecule has 8 heteroatoms. The van der Waals surface area contributed by atoms with Gasteiger partial charge in [-0.05, 0) is 46.1 Å². The fourth-order valence-corrected chi connectivity index (χ4v) is 3.73. The molecule has 0 aromatic heterocycles. The molecule has 0 aliphatic carbocycles. The van der Waals surface area contributed by atoms with E-state index >= 15 is 0 Å². The molecule has 2 fully saturated rings. The number of ether oxygens (including phenoxy) is 1. The van der Waals surface area contributed by atoms with Gasteiger partial charge in [0, 0.05) is 32.0 Å². The Morgan fingerprint density at radius 1 is 1.48 bits per heavy atom. The van der Waals surface area contributed by atoms with E-state index in [1.54, 1.807) is 5.01 Å². The fraction of sp³-hybridized carbons (Fsp3) is 0.765. The predicted octanol–water partition coefficient (Wildman–Crippen LogP) is 0.765. The van der Waals surface area contributed by atoms with E-state index in [0.717, 1.165) is 31.6 Å². The van der Waals surface area contributed by atoms with Crippen molar-refractivity contribution in [3.8, 4) is 0 Å². The summed E-state index contributed by atoms with van der Waals surface area (Å²) in [5, 5.41) is 8.13. The van der Waals surface area contributed by atoms with Crippen molar-refractivity contribution in [1.82, 2.24) is 20.5 Å². The van der Waals surface area contributed by atoms with Crippen molar-refractivity contribution in [2.45, 2.75) is 64.2 Å². The number of hydrogen-bond donors (Lipinski definition) is 3. The number of fused-ring (bicyclic) bond motifs is 1. The van der Waals surface area contributed by atoms with Gasteiger partial charge in [0.2, 0.25) is 5.96 Å². The van der Waals surface area contributed by atoms with Crippen molar-refractivity contribution in [3.05, 3.63) is 11.8 Å². The molecule has 4 N–H and O–H groups in total. The summed E-state index contributed by atoms with van der Waals surface area (Å²) in [5.41, 5.74) is 0.722. The number of nitrogens with two attached hydrogens (primary N) is 1. The monoisotopic (exact) mass is 350 g/mol. The van der Waals surface area contributed by atoms with Crippen molar-refractivity contribution in [3.63, 3.8) is 0 Å². The minimum absolute atomic E-state index is 0.0336. The van der Waals surface area contributed by atoms with Gasteiger partial charge in [0.05, 0.1) is 17.6 Å². The highest BCUT2D eigenvalue weighted by Gasteiger charge is 2.47. The van der Waals surface area contributed by atoms with Gasteiger partial charge in [-0.3, -0.25) is 5.01 Å². The van der Waals surface area contributed by atoms with Gasteiger partial charge in [0.25, 0.3) is 0 Å². The number of hydrazine groups is 1. The van der Waals surface area contributed by atoms with Crippen LogP contribution >= 0.6 is 0 Å². The fourth-order valence-electron chi connectivity index (χ4n) is 3.73. The van der Waals surface area contributed by atoms with Gasteiger partial charge in [0.15, 0.2) is 0 Å². The first-order chi connectivity index (χ1) is 11.8. The van der Waals surface area contributed by atoms with E-state index in [0.29, 0.717) is 12.5 Å². The Labute approximate surface area is 149 Å². The third-order valence-electron chi connectivity index (χ3n) is 5.24. The minimum Gasteiger partial charge on any atom is -0.381 e. The summed E-state index contributed by atoms with van der Waals surface area (Å²) < 4.78 is 5.40. The van der Waals surface area contributed by atoms with Crippen LogP contribution in [-0.4, -0.2) is 65.3 Å². The van der Waals surface area contributed by atoms with Crippen LogP contribution in [0.25, 0.3) is 0 Å². The first-order valence-corrected chi connectivity index (χ1v) is 9.05. The largest absolute Gasteiger partial charge is 0.381 e. The molecular weight excluding hydrogens is 320 g/mol. The standard InChI is InChI=1S/C17H30N6O2/c1-11(2)20-16(24)22-10-14-13(17(22,3)4)9-19-15(21-14)23(18)12-5-7-25-8-6-12/h9,11-12,14H,5-8,10,18H2,1-4H3,(H,19,21)(H,20,24). The zero-order chi connectivity index (χ0) is 18.2. The molecular formula is C17H30N6O2. The molecule has 3 heterocycles. The third kappa shape index (κ3) is 3.46. The van der Waals surface area contributed by atoms with E-state index in [-0.39, 0.29) is 29.7 Å². The van der Waals surface area contributed by atoms with Crippen LogP contribution in [0.4, 0.5) is 4.79 Å². The summed E-state index contributed by atoms with van der Waals surface area (Å²) in [6, 6.07) is 0.316. The first-order valence-electron chi connectivity index (χ1n) is 9.05. The summed E-state index contributed by atoms with van der Waals surface area (Å²) in [6.07, 6.45) is 3.66. The lowest BCUT2D eigenvalue weighted by Crippen LogP contribution is -2.56. The van der Waals surface area contributed by atoms with E-state index in [2.05, 4.69) is 29.5 Å². The molecule has 0 aromatic carbocycles. The molecule has 2 amide bonds. The topological polar surface area (TPSA) is 95.2 Å². The Hall–Kier alpha value is -1.80. The molecule has 1 unspecified atom stereocenters. The number of nitrogens with zero attached hydrogens (tertiary/aromatic N) is 3. The second-order valence-electron chi connectivity index (χ2n) is 7.76. The van der Waals surface area contributed by atoms with Crippen LogP contribution in [0.5, 0.6) is 0 Å². The minimum atomic E-state index is -0.385. The maximum absolute atomic E-state index is 12.6. The number of carbonyl (C=O) groups excluding carboxylic acids is 1. The number of urea groups is 1. The van der Waals surface area contributed by atoms with Gasteiger partial charge in [0.1, 0.15) is 0 Å². The van der Waals surface area contributed by atoms with Gasteiger partial charge >= 0.3 is 6.03 Å². The van der Waals surface area contributed by atoms with Crippen molar-refractivity contribution >= 4 is 12.0 Å². The molecule has 3 aliphatic rings. The van der Waals surface area contributed by atoms with Gasteiger partial charge in [-0.1, -0.05) is 0 Å². The van der Waals surface area contributed by atoms with E-state index in [9.17, 15) is 4.79 Å². The molecule has 2 saturated heterocycles. The molecule has 0 saturated carbocycles. The summed E-state index contributed by atoms with van der Waals surface area (Å²) in [7, 11) is 0. The zero-order valence-corrected chi connectivity index (χ0v) is 15.6. The van der Waals surface area contributed by atoms with Crippen LogP contribution in [0.3, 0.4) is 0 Å². The van der Waals surface area contributed by atoms with Gasteiger partial charge < -0.3 is 20.3 Å². The lowest BCUT2D eigenvalue weighted by atomic mass is 9.93. The Kier molecular flexibility index (Phi) is 4.92. The molecule has 0 spiro atoms. The van der Waals surface area contributed by atoms with Crippen LogP contribution in [-0.2, 0) is 4.74 Å². The summed E-state index contributed by atoms with van der Waals surface area (Å²) in [6.45, 7) is 10.1. The lowest BCUT2D eigenvalue weighted by molar-refractivity contribution is 0.0540. The van der Waals surface area contributed by atoms with Crippen LogP contribution in [0, 0.1) is 0 Å². The number of carbonyl (C=O) groups is 1. The smallest absolute Gasteiger partial charge is 0.318 e. The zero-order valence-electron chi connectivity index (χ0n) is 15.6. The lowest BCUT2D eigenvalue weighted by Gasteiger charge is -2.36. The Morgan fingerprint density at radius 3 is 2.80 bits per heavy atom. The maximum Gasteiger partial charge on any atom is 0.318 e. The van der Waals surface area contributed by atoms with Crippen LogP contribution in [0.15, 0.2) is 16.8 Å². The average Bonchev–Trinajstić information content (AvgIpc) is 2.85. The Morgan fingerprint density at radius 2 is 2.16 bits per heavy atom. The molecule has 25 heavy (non-hydrogen) atoms. The number of nitrogens with one attached hydrogen (secondary N) is 2. The van der Waals surface area contributed by atoms with Crippen molar-refractivity contribution in [2.75, 3.05) is 19.8 Å². The van der Waals surface area contributed by atoms with Crippen LogP contribution < -0.4 is 16.5 Å². The normalized spacial score (nSPS) is 25.8. The molecule has 0 aromatic rings. The SMILES string of the molecule is CC(C)NC(=O)N1CC2NC(N(N)C3CCOCC3)=NC=C2C1(C)C. The van der Waals surface area contributed by atoms with Gasteiger partial charge in [-0.15, -0.1) is 0 Å². The highest BCUT2D eigenvalue weighted by Crippen LogP contribution is 2.35. The maximum atomic E-state index is 12.6.